The standard InChI is InChI=1S/C14H25N3O3/c1-10(2)12(13(18)19)15-14(20)17-7-5-16(6-8-17)9-11-3-4-11/h10-12H,3-9H2,1-2H3,(H,15,20)(H,18,19)/t12-/m1/s1. The molecule has 1 aliphatic heterocycles. The van der Waals surface area contributed by atoms with Crippen molar-refractivity contribution in [3.05, 3.63) is 0 Å². The fourth-order valence-corrected chi connectivity index (χ4v) is 2.54. The van der Waals surface area contributed by atoms with Gasteiger partial charge >= 0.3 is 12.0 Å². The van der Waals surface area contributed by atoms with E-state index >= 15 is 0 Å². The van der Waals surface area contributed by atoms with E-state index in [1.165, 1.54) is 12.8 Å². The van der Waals surface area contributed by atoms with Crippen LogP contribution in [0.1, 0.15) is 26.7 Å². The summed E-state index contributed by atoms with van der Waals surface area (Å²) in [6.45, 7) is 7.90. The minimum Gasteiger partial charge on any atom is -0.480 e. The third-order valence-electron chi connectivity index (χ3n) is 4.08. The molecule has 0 aromatic carbocycles. The Morgan fingerprint density at radius 3 is 2.25 bits per heavy atom. The van der Waals surface area contributed by atoms with E-state index < -0.39 is 12.0 Å². The number of aliphatic carboxylic acids is 1. The average Bonchev–Trinajstić information content (AvgIpc) is 3.19. The van der Waals surface area contributed by atoms with Gasteiger partial charge < -0.3 is 15.3 Å². The fraction of sp³-hybridized carbons (Fsp3) is 0.857. The van der Waals surface area contributed by atoms with Crippen LogP contribution >= 0.6 is 0 Å². The van der Waals surface area contributed by atoms with Crippen LogP contribution in [0.5, 0.6) is 0 Å². The van der Waals surface area contributed by atoms with Gasteiger partial charge in [0.2, 0.25) is 0 Å². The zero-order valence-electron chi connectivity index (χ0n) is 12.3. The number of carbonyl (C=O) groups excluding carboxylic acids is 1. The van der Waals surface area contributed by atoms with Gasteiger partial charge in [-0.1, -0.05) is 13.8 Å². The maximum absolute atomic E-state index is 12.1. The second kappa shape index (κ2) is 6.43. The number of nitrogens with zero attached hydrogens (tertiary/aromatic N) is 2. The molecule has 1 saturated carbocycles. The Balaban J connectivity index is 1.77. The van der Waals surface area contributed by atoms with E-state index in [0.29, 0.717) is 13.1 Å². The highest BCUT2D eigenvalue weighted by molar-refractivity contribution is 5.82. The maximum atomic E-state index is 12.1. The number of amides is 2. The molecule has 0 spiro atoms. The van der Waals surface area contributed by atoms with Gasteiger partial charge in [-0.15, -0.1) is 0 Å². The van der Waals surface area contributed by atoms with Gasteiger partial charge in [-0.2, -0.15) is 0 Å². The zero-order chi connectivity index (χ0) is 14.7. The molecule has 20 heavy (non-hydrogen) atoms. The minimum absolute atomic E-state index is 0.118. The molecule has 2 amide bonds. The van der Waals surface area contributed by atoms with Gasteiger partial charge in [-0.3, -0.25) is 4.90 Å². The molecule has 0 radical (unpaired) electrons. The van der Waals surface area contributed by atoms with Gasteiger partial charge in [0, 0.05) is 32.7 Å². The molecule has 6 heteroatoms. The molecule has 2 fully saturated rings. The Labute approximate surface area is 120 Å². The summed E-state index contributed by atoms with van der Waals surface area (Å²) < 4.78 is 0. The Morgan fingerprint density at radius 2 is 1.80 bits per heavy atom. The summed E-state index contributed by atoms with van der Waals surface area (Å²) in [5, 5.41) is 11.7. The molecular weight excluding hydrogens is 258 g/mol. The molecular formula is C14H25N3O3. The van der Waals surface area contributed by atoms with Crippen LogP contribution in [-0.2, 0) is 4.79 Å². The van der Waals surface area contributed by atoms with Crippen molar-refractivity contribution in [2.75, 3.05) is 32.7 Å². The molecule has 1 heterocycles. The molecule has 1 aliphatic carbocycles. The minimum atomic E-state index is -0.972. The summed E-state index contributed by atoms with van der Waals surface area (Å²) >= 11 is 0. The summed E-state index contributed by atoms with van der Waals surface area (Å²) in [6, 6.07) is -1.07. The van der Waals surface area contributed by atoms with Gasteiger partial charge in [0.05, 0.1) is 0 Å². The highest BCUT2D eigenvalue weighted by atomic mass is 16.4. The van der Waals surface area contributed by atoms with Crippen molar-refractivity contribution in [3.8, 4) is 0 Å². The Hall–Kier alpha value is -1.30. The first-order valence-electron chi connectivity index (χ1n) is 7.48. The number of piperazine rings is 1. The van der Waals surface area contributed by atoms with Crippen molar-refractivity contribution < 1.29 is 14.7 Å². The first kappa shape index (κ1) is 15.1. The highest BCUT2D eigenvalue weighted by Crippen LogP contribution is 2.29. The van der Waals surface area contributed by atoms with Crippen LogP contribution in [0.15, 0.2) is 0 Å². The Morgan fingerprint density at radius 1 is 1.20 bits per heavy atom. The van der Waals surface area contributed by atoms with E-state index in [4.69, 9.17) is 5.11 Å². The monoisotopic (exact) mass is 283 g/mol. The van der Waals surface area contributed by atoms with Crippen LogP contribution in [0.25, 0.3) is 0 Å². The molecule has 0 unspecified atom stereocenters. The third kappa shape index (κ3) is 4.10. The van der Waals surface area contributed by atoms with E-state index in [2.05, 4.69) is 10.2 Å². The van der Waals surface area contributed by atoms with Crippen molar-refractivity contribution in [2.45, 2.75) is 32.7 Å². The first-order chi connectivity index (χ1) is 9.47. The van der Waals surface area contributed by atoms with Crippen LogP contribution in [0, 0.1) is 11.8 Å². The molecule has 0 aromatic heterocycles. The van der Waals surface area contributed by atoms with Crippen LogP contribution in [0.2, 0.25) is 0 Å². The molecule has 0 aromatic rings. The summed E-state index contributed by atoms with van der Waals surface area (Å²) in [5.74, 6) is -0.221. The number of hydrogen-bond acceptors (Lipinski definition) is 3. The van der Waals surface area contributed by atoms with Crippen molar-refractivity contribution in [2.24, 2.45) is 11.8 Å². The third-order valence-corrected chi connectivity index (χ3v) is 4.08. The number of carboxylic acid groups (broad SMARTS) is 1. The predicted octanol–water partition coefficient (Wildman–Crippen LogP) is 0.833. The van der Waals surface area contributed by atoms with E-state index in [0.717, 1.165) is 25.6 Å². The lowest BCUT2D eigenvalue weighted by Crippen LogP contribution is -2.55. The van der Waals surface area contributed by atoms with Gasteiger partial charge in [0.15, 0.2) is 0 Å². The van der Waals surface area contributed by atoms with Gasteiger partial charge in [0.25, 0.3) is 0 Å². The number of carboxylic acids is 1. The van der Waals surface area contributed by atoms with Crippen LogP contribution < -0.4 is 5.32 Å². The molecule has 6 nitrogen and oxygen atoms in total. The number of hydrogen-bond donors (Lipinski definition) is 2. The second-order valence-corrected chi connectivity index (χ2v) is 6.24. The van der Waals surface area contributed by atoms with Crippen molar-refractivity contribution in [1.29, 1.82) is 0 Å². The maximum Gasteiger partial charge on any atom is 0.326 e. The largest absolute Gasteiger partial charge is 0.480 e. The predicted molar refractivity (Wildman–Crippen MR) is 75.5 cm³/mol. The molecule has 2 N–H and O–H groups in total. The van der Waals surface area contributed by atoms with Crippen molar-refractivity contribution in [3.63, 3.8) is 0 Å². The van der Waals surface area contributed by atoms with E-state index in [9.17, 15) is 9.59 Å². The normalized spacial score (nSPS) is 21.9. The molecule has 114 valence electrons. The quantitative estimate of drug-likeness (QED) is 0.784. The van der Waals surface area contributed by atoms with Crippen LogP contribution in [-0.4, -0.2) is 65.7 Å². The number of rotatable bonds is 5. The lowest BCUT2D eigenvalue weighted by atomic mass is 10.1. The van der Waals surface area contributed by atoms with E-state index in [-0.39, 0.29) is 11.9 Å². The fourth-order valence-electron chi connectivity index (χ4n) is 2.54. The van der Waals surface area contributed by atoms with Gasteiger partial charge in [-0.25, -0.2) is 9.59 Å². The smallest absolute Gasteiger partial charge is 0.326 e. The number of nitrogens with one attached hydrogen (secondary N) is 1. The van der Waals surface area contributed by atoms with Gasteiger partial charge in [-0.05, 0) is 24.7 Å². The zero-order valence-corrected chi connectivity index (χ0v) is 12.3. The van der Waals surface area contributed by atoms with Crippen molar-refractivity contribution >= 4 is 12.0 Å². The van der Waals surface area contributed by atoms with E-state index in [1.54, 1.807) is 18.7 Å². The molecule has 1 atom stereocenters. The number of carbonyl (C=O) groups is 2. The molecule has 2 aliphatic rings. The Kier molecular flexibility index (Phi) is 4.86. The average molecular weight is 283 g/mol. The van der Waals surface area contributed by atoms with Crippen molar-refractivity contribution in [1.82, 2.24) is 15.1 Å². The molecule has 1 saturated heterocycles. The van der Waals surface area contributed by atoms with Crippen LogP contribution in [0.3, 0.4) is 0 Å². The Bertz CT molecular complexity index is 361. The summed E-state index contributed by atoms with van der Waals surface area (Å²) in [5.41, 5.74) is 0. The first-order valence-corrected chi connectivity index (χ1v) is 7.48. The highest BCUT2D eigenvalue weighted by Gasteiger charge is 2.30. The lowest BCUT2D eigenvalue weighted by molar-refractivity contribution is -0.140. The van der Waals surface area contributed by atoms with Crippen LogP contribution in [0.4, 0.5) is 4.79 Å². The second-order valence-electron chi connectivity index (χ2n) is 6.24. The lowest BCUT2D eigenvalue weighted by Gasteiger charge is -2.35. The summed E-state index contributed by atoms with van der Waals surface area (Å²) in [4.78, 5) is 27.3. The molecule has 0 bridgehead atoms. The topological polar surface area (TPSA) is 72.9 Å². The van der Waals surface area contributed by atoms with Gasteiger partial charge in [0.1, 0.15) is 6.04 Å². The van der Waals surface area contributed by atoms with E-state index in [1.807, 2.05) is 0 Å². The number of urea groups is 1. The summed E-state index contributed by atoms with van der Waals surface area (Å²) in [7, 11) is 0. The summed E-state index contributed by atoms with van der Waals surface area (Å²) in [6.07, 6.45) is 2.69. The molecule has 2 rings (SSSR count). The SMILES string of the molecule is CC(C)[C@@H](NC(=O)N1CCN(CC2CC2)CC1)C(=O)O.